The zero-order chi connectivity index (χ0) is 21.5. The highest BCUT2D eigenvalue weighted by molar-refractivity contribution is 5.96. The first kappa shape index (κ1) is 21.5. The average molecular weight is 411 g/mol. The lowest BCUT2D eigenvalue weighted by Crippen LogP contribution is -2.44. The fourth-order valence-electron chi connectivity index (χ4n) is 3.54. The van der Waals surface area contributed by atoms with E-state index < -0.39 is 5.82 Å². The lowest BCUT2D eigenvalue weighted by molar-refractivity contribution is -0.126. The zero-order valence-corrected chi connectivity index (χ0v) is 17.0. The van der Waals surface area contributed by atoms with E-state index in [1.54, 1.807) is 4.90 Å². The van der Waals surface area contributed by atoms with E-state index in [0.29, 0.717) is 43.6 Å². The molecule has 1 fully saturated rings. The van der Waals surface area contributed by atoms with Crippen LogP contribution in [0.1, 0.15) is 39.1 Å². The Kier molecular flexibility index (Phi) is 7.17. The molecular weight excluding hydrogens is 385 g/mol. The fourth-order valence-corrected chi connectivity index (χ4v) is 3.54. The number of likely N-dealkylation sites (tertiary alicyclic amines) is 1. The summed E-state index contributed by atoms with van der Waals surface area (Å²) in [6.45, 7) is 3.61. The van der Waals surface area contributed by atoms with Gasteiger partial charge in [0.1, 0.15) is 5.82 Å². The van der Waals surface area contributed by atoms with Crippen molar-refractivity contribution in [2.75, 3.05) is 26.2 Å². The molecule has 0 saturated carbocycles. The van der Waals surface area contributed by atoms with E-state index in [2.05, 4.69) is 10.6 Å². The summed E-state index contributed by atoms with van der Waals surface area (Å²) in [6, 6.07) is 12.8. The van der Waals surface area contributed by atoms with Crippen LogP contribution in [0.25, 0.3) is 0 Å². The number of amides is 3. The highest BCUT2D eigenvalue weighted by atomic mass is 19.1. The third kappa shape index (κ3) is 5.43. The molecule has 2 N–H and O–H groups in total. The van der Waals surface area contributed by atoms with Gasteiger partial charge in [-0.3, -0.25) is 14.4 Å². The maximum Gasteiger partial charge on any atom is 0.254 e. The molecule has 0 aromatic heterocycles. The molecule has 6 nitrogen and oxygen atoms in total. The number of hydrogen-bond acceptors (Lipinski definition) is 3. The first-order chi connectivity index (χ1) is 14.5. The molecule has 0 unspecified atom stereocenters. The number of carbonyl (C=O) groups is 3. The van der Waals surface area contributed by atoms with Crippen LogP contribution in [0.3, 0.4) is 0 Å². The van der Waals surface area contributed by atoms with Crippen LogP contribution in [0.4, 0.5) is 4.39 Å². The Morgan fingerprint density at radius 1 is 0.967 bits per heavy atom. The molecule has 7 heteroatoms. The average Bonchev–Trinajstić information content (AvgIpc) is 2.77. The third-order valence-electron chi connectivity index (χ3n) is 5.34. The molecule has 0 bridgehead atoms. The van der Waals surface area contributed by atoms with Crippen LogP contribution in [0, 0.1) is 18.7 Å². The summed E-state index contributed by atoms with van der Waals surface area (Å²) in [5.41, 5.74) is 2.02. The van der Waals surface area contributed by atoms with Gasteiger partial charge in [-0.2, -0.15) is 0 Å². The van der Waals surface area contributed by atoms with Gasteiger partial charge in [-0.05, 0) is 55.7 Å². The second kappa shape index (κ2) is 10.0. The SMILES string of the molecule is Cc1ccccc1C(=O)N1CCC(C(=O)NCCNC(=O)c2ccc(F)cc2)CC1. The molecule has 158 valence electrons. The summed E-state index contributed by atoms with van der Waals surface area (Å²) in [5, 5.41) is 5.53. The van der Waals surface area contributed by atoms with Gasteiger partial charge in [0.15, 0.2) is 0 Å². The summed E-state index contributed by atoms with van der Waals surface area (Å²) in [7, 11) is 0. The number of nitrogens with zero attached hydrogens (tertiary/aromatic N) is 1. The van der Waals surface area contributed by atoms with Crippen molar-refractivity contribution in [2.24, 2.45) is 5.92 Å². The van der Waals surface area contributed by atoms with Crippen molar-refractivity contribution in [3.63, 3.8) is 0 Å². The largest absolute Gasteiger partial charge is 0.354 e. The summed E-state index contributed by atoms with van der Waals surface area (Å²) in [4.78, 5) is 38.8. The van der Waals surface area contributed by atoms with Crippen LogP contribution in [0.2, 0.25) is 0 Å². The van der Waals surface area contributed by atoms with E-state index >= 15 is 0 Å². The number of rotatable bonds is 6. The topological polar surface area (TPSA) is 78.5 Å². The van der Waals surface area contributed by atoms with E-state index in [9.17, 15) is 18.8 Å². The van der Waals surface area contributed by atoms with Gasteiger partial charge in [0.25, 0.3) is 11.8 Å². The highest BCUT2D eigenvalue weighted by Gasteiger charge is 2.28. The maximum absolute atomic E-state index is 12.9. The molecule has 1 aliphatic heterocycles. The normalized spacial score (nSPS) is 14.3. The maximum atomic E-state index is 12.9. The van der Waals surface area contributed by atoms with Gasteiger partial charge in [0, 0.05) is 43.2 Å². The summed E-state index contributed by atoms with van der Waals surface area (Å²) < 4.78 is 12.9. The Morgan fingerprint density at radius 3 is 2.27 bits per heavy atom. The minimum absolute atomic E-state index is 0.00969. The van der Waals surface area contributed by atoms with Crippen molar-refractivity contribution in [1.29, 1.82) is 0 Å². The van der Waals surface area contributed by atoms with Crippen molar-refractivity contribution in [3.8, 4) is 0 Å². The van der Waals surface area contributed by atoms with Gasteiger partial charge in [-0.25, -0.2) is 4.39 Å². The van der Waals surface area contributed by atoms with Gasteiger partial charge in [0.05, 0.1) is 0 Å². The van der Waals surface area contributed by atoms with Crippen LogP contribution in [0.5, 0.6) is 0 Å². The molecule has 1 aliphatic rings. The van der Waals surface area contributed by atoms with Crippen LogP contribution in [-0.4, -0.2) is 48.8 Å². The van der Waals surface area contributed by atoms with Crippen molar-refractivity contribution in [3.05, 3.63) is 71.0 Å². The van der Waals surface area contributed by atoms with Gasteiger partial charge in [0.2, 0.25) is 5.91 Å². The Balaban J connectivity index is 1.38. The molecular formula is C23H26FN3O3. The molecule has 2 aromatic carbocycles. The second-order valence-corrected chi connectivity index (χ2v) is 7.44. The van der Waals surface area contributed by atoms with Gasteiger partial charge in [-0.15, -0.1) is 0 Å². The van der Waals surface area contributed by atoms with Crippen molar-refractivity contribution < 1.29 is 18.8 Å². The molecule has 1 saturated heterocycles. The number of aryl methyl sites for hydroxylation is 1. The smallest absolute Gasteiger partial charge is 0.254 e. The standard InChI is InChI=1S/C23H26FN3O3/c1-16-4-2-3-5-20(16)23(30)27-14-10-18(11-15-27)22(29)26-13-12-25-21(28)17-6-8-19(24)9-7-17/h2-9,18H,10-15H2,1H3,(H,25,28)(H,26,29). The predicted molar refractivity (Wildman–Crippen MR) is 112 cm³/mol. The van der Waals surface area contributed by atoms with Crippen LogP contribution >= 0.6 is 0 Å². The van der Waals surface area contributed by atoms with Crippen LogP contribution in [0.15, 0.2) is 48.5 Å². The minimum atomic E-state index is -0.398. The van der Waals surface area contributed by atoms with Crippen molar-refractivity contribution in [1.82, 2.24) is 15.5 Å². The summed E-state index contributed by atoms with van der Waals surface area (Å²) in [5.74, 6) is -0.902. The van der Waals surface area contributed by atoms with Gasteiger partial charge >= 0.3 is 0 Å². The van der Waals surface area contributed by atoms with Crippen LogP contribution < -0.4 is 10.6 Å². The molecule has 0 aliphatic carbocycles. The van der Waals surface area contributed by atoms with Gasteiger partial charge < -0.3 is 15.5 Å². The Labute approximate surface area is 175 Å². The first-order valence-electron chi connectivity index (χ1n) is 10.1. The lowest BCUT2D eigenvalue weighted by atomic mass is 9.95. The molecule has 30 heavy (non-hydrogen) atoms. The van der Waals surface area contributed by atoms with E-state index in [1.165, 1.54) is 24.3 Å². The zero-order valence-electron chi connectivity index (χ0n) is 17.0. The lowest BCUT2D eigenvalue weighted by Gasteiger charge is -2.31. The molecule has 0 spiro atoms. The number of carbonyl (C=O) groups excluding carboxylic acids is 3. The number of hydrogen-bond donors (Lipinski definition) is 2. The van der Waals surface area contributed by atoms with Crippen molar-refractivity contribution >= 4 is 17.7 Å². The number of piperidine rings is 1. The number of nitrogens with one attached hydrogen (secondary N) is 2. The Hall–Kier alpha value is -3.22. The summed E-state index contributed by atoms with van der Waals surface area (Å²) >= 11 is 0. The van der Waals surface area contributed by atoms with Crippen LogP contribution in [-0.2, 0) is 4.79 Å². The molecule has 0 radical (unpaired) electrons. The van der Waals surface area contributed by atoms with E-state index in [-0.39, 0.29) is 30.2 Å². The highest BCUT2D eigenvalue weighted by Crippen LogP contribution is 2.20. The molecule has 0 atom stereocenters. The predicted octanol–water partition coefficient (Wildman–Crippen LogP) is 2.53. The molecule has 2 aromatic rings. The van der Waals surface area contributed by atoms with E-state index in [4.69, 9.17) is 0 Å². The molecule has 1 heterocycles. The fraction of sp³-hybridized carbons (Fsp3) is 0.348. The third-order valence-corrected chi connectivity index (χ3v) is 5.34. The van der Waals surface area contributed by atoms with Crippen molar-refractivity contribution in [2.45, 2.75) is 19.8 Å². The number of benzene rings is 2. The van der Waals surface area contributed by atoms with E-state index in [1.807, 2.05) is 31.2 Å². The quantitative estimate of drug-likeness (QED) is 0.717. The summed E-state index contributed by atoms with van der Waals surface area (Å²) in [6.07, 6.45) is 1.23. The Bertz CT molecular complexity index is 906. The minimum Gasteiger partial charge on any atom is -0.354 e. The van der Waals surface area contributed by atoms with Gasteiger partial charge in [-0.1, -0.05) is 18.2 Å². The first-order valence-corrected chi connectivity index (χ1v) is 10.1. The molecule has 3 amide bonds. The monoisotopic (exact) mass is 411 g/mol. The number of halogens is 1. The van der Waals surface area contributed by atoms with E-state index in [0.717, 1.165) is 5.56 Å². The second-order valence-electron chi connectivity index (χ2n) is 7.44. The Morgan fingerprint density at radius 2 is 1.60 bits per heavy atom. The molecule has 3 rings (SSSR count).